The van der Waals surface area contributed by atoms with Gasteiger partial charge in [-0.3, -0.25) is 4.79 Å². The molecule has 0 fully saturated rings. The monoisotopic (exact) mass is 583 g/mol. The number of halogens is 4. The molecular weight excluding hydrogens is 563 g/mol. The molecule has 1 amide bonds. The molecule has 1 N–H and O–H groups in total. The maximum atomic E-state index is 13.0. The molecule has 0 saturated heterocycles. The number of anilines is 1. The summed E-state index contributed by atoms with van der Waals surface area (Å²) in [6.07, 6.45) is -3.66. The van der Waals surface area contributed by atoms with Gasteiger partial charge in [0.15, 0.2) is 9.84 Å². The van der Waals surface area contributed by atoms with Gasteiger partial charge in [-0.15, -0.1) is 24.5 Å². The number of ether oxygens (including phenoxy) is 2. The van der Waals surface area contributed by atoms with Crippen LogP contribution in [0.4, 0.5) is 18.9 Å². The van der Waals surface area contributed by atoms with Crippen LogP contribution in [0.3, 0.4) is 0 Å². The molecule has 0 unspecified atom stereocenters. The molecule has 12 heteroatoms. The molecule has 0 saturated carbocycles. The Kier molecular flexibility index (Phi) is 7.39. The zero-order chi connectivity index (χ0) is 27.9. The number of hydrogen-bond acceptors (Lipinski definition) is 6. The lowest BCUT2D eigenvalue weighted by Gasteiger charge is -2.23. The summed E-state index contributed by atoms with van der Waals surface area (Å²) in [5, 5.41) is 3.69. The van der Waals surface area contributed by atoms with Crippen LogP contribution in [0.2, 0.25) is 5.02 Å². The van der Waals surface area contributed by atoms with Crippen molar-refractivity contribution < 1.29 is 35.9 Å². The molecule has 0 spiro atoms. The Morgan fingerprint density at radius 2 is 1.66 bits per heavy atom. The summed E-state index contributed by atoms with van der Waals surface area (Å²) in [6.45, 7) is 3.25. The van der Waals surface area contributed by atoms with E-state index in [0.717, 1.165) is 22.2 Å². The average molecular weight is 584 g/mol. The Bertz CT molecular complexity index is 1630. The van der Waals surface area contributed by atoms with Crippen LogP contribution in [0.15, 0.2) is 66.7 Å². The van der Waals surface area contributed by atoms with E-state index in [9.17, 15) is 26.4 Å². The number of carbonyl (C=O) groups excluding carboxylic acids is 1. The van der Waals surface area contributed by atoms with Gasteiger partial charge in [0, 0.05) is 33.8 Å². The molecule has 0 radical (unpaired) electrons. The van der Waals surface area contributed by atoms with E-state index in [4.69, 9.17) is 16.3 Å². The van der Waals surface area contributed by atoms with Gasteiger partial charge in [-0.2, -0.15) is 0 Å². The zero-order valence-corrected chi connectivity index (χ0v) is 22.6. The second-order valence-corrected chi connectivity index (χ2v) is 13.0. The van der Waals surface area contributed by atoms with Crippen LogP contribution >= 0.6 is 22.9 Å². The lowest BCUT2D eigenvalue weighted by molar-refractivity contribution is -0.274. The minimum atomic E-state index is -4.84. The minimum Gasteiger partial charge on any atom is -0.457 e. The number of thiophene rings is 1. The Balaban J connectivity index is 1.54. The van der Waals surface area contributed by atoms with Gasteiger partial charge in [0.05, 0.1) is 9.62 Å². The van der Waals surface area contributed by atoms with Crippen LogP contribution in [0.1, 0.15) is 29.1 Å². The van der Waals surface area contributed by atoms with Crippen molar-refractivity contribution in [2.75, 3.05) is 11.6 Å². The quantitative estimate of drug-likeness (QED) is 0.240. The smallest absolute Gasteiger partial charge is 0.457 e. The standard InChI is InChI=1S/C26H21ClF3NO5S2/c1-25(2,38(3,33)34)16-7-8-22-15(9-16)10-23(37-22)24(32)31-18-11-17(27)12-21(13-18)35-19-5-4-6-20(14-19)36-26(28,29)30/h4-14H,1-3H3,(H,31,32). The van der Waals surface area contributed by atoms with Crippen LogP contribution < -0.4 is 14.8 Å². The highest BCUT2D eigenvalue weighted by Gasteiger charge is 2.33. The first-order valence-electron chi connectivity index (χ1n) is 11.0. The van der Waals surface area contributed by atoms with Crippen LogP contribution in [0.5, 0.6) is 17.2 Å². The van der Waals surface area contributed by atoms with Gasteiger partial charge in [0.25, 0.3) is 5.91 Å². The number of benzene rings is 3. The largest absolute Gasteiger partial charge is 0.573 e. The summed E-state index contributed by atoms with van der Waals surface area (Å²) < 4.78 is 71.2. The van der Waals surface area contributed by atoms with E-state index in [1.165, 1.54) is 47.9 Å². The van der Waals surface area contributed by atoms with Crippen LogP contribution in [0.25, 0.3) is 10.1 Å². The highest BCUT2D eigenvalue weighted by Crippen LogP contribution is 2.35. The van der Waals surface area contributed by atoms with Crippen molar-refractivity contribution in [3.8, 4) is 17.2 Å². The van der Waals surface area contributed by atoms with Crippen molar-refractivity contribution in [1.82, 2.24) is 0 Å². The first-order chi connectivity index (χ1) is 17.6. The van der Waals surface area contributed by atoms with Gasteiger partial charge in [-0.1, -0.05) is 23.7 Å². The number of sulfone groups is 1. The normalized spacial score (nSPS) is 12.4. The van der Waals surface area contributed by atoms with Crippen molar-refractivity contribution in [2.45, 2.75) is 25.0 Å². The molecule has 6 nitrogen and oxygen atoms in total. The molecule has 0 aliphatic carbocycles. The average Bonchev–Trinajstić information content (AvgIpc) is 3.21. The highest BCUT2D eigenvalue weighted by atomic mass is 35.5. The predicted octanol–water partition coefficient (Wildman–Crippen LogP) is 7.78. The molecular formula is C26H21ClF3NO5S2. The topological polar surface area (TPSA) is 81.7 Å². The molecule has 4 aromatic rings. The number of alkyl halides is 3. The van der Waals surface area contributed by atoms with Crippen LogP contribution in [-0.4, -0.2) is 26.9 Å². The van der Waals surface area contributed by atoms with Gasteiger partial charge in [0.2, 0.25) is 0 Å². The van der Waals surface area contributed by atoms with Crippen LogP contribution in [0, 0.1) is 0 Å². The number of nitrogens with one attached hydrogen (secondary N) is 1. The van der Waals surface area contributed by atoms with E-state index < -0.39 is 32.6 Å². The van der Waals surface area contributed by atoms with Crippen molar-refractivity contribution in [2.24, 2.45) is 0 Å². The lowest BCUT2D eigenvalue weighted by Crippen LogP contribution is -2.27. The molecule has 200 valence electrons. The van der Waals surface area contributed by atoms with E-state index >= 15 is 0 Å². The number of hydrogen-bond donors (Lipinski definition) is 1. The third-order valence-electron chi connectivity index (χ3n) is 5.77. The number of carbonyl (C=O) groups is 1. The molecule has 0 aliphatic heterocycles. The first-order valence-corrected chi connectivity index (χ1v) is 14.1. The van der Waals surface area contributed by atoms with Gasteiger partial charge in [-0.05, 0) is 67.3 Å². The minimum absolute atomic E-state index is 0.0728. The van der Waals surface area contributed by atoms with Crippen molar-refractivity contribution in [1.29, 1.82) is 0 Å². The van der Waals surface area contributed by atoms with Gasteiger partial charge >= 0.3 is 6.36 Å². The van der Waals surface area contributed by atoms with Gasteiger partial charge in [-0.25, -0.2) is 8.42 Å². The van der Waals surface area contributed by atoms with Gasteiger partial charge < -0.3 is 14.8 Å². The Labute approximate surface area is 225 Å². The highest BCUT2D eigenvalue weighted by molar-refractivity contribution is 7.91. The number of rotatable bonds is 7. The Morgan fingerprint density at radius 3 is 2.34 bits per heavy atom. The van der Waals surface area contributed by atoms with Gasteiger partial charge in [0.1, 0.15) is 17.2 Å². The third kappa shape index (κ3) is 6.40. The SMILES string of the molecule is CC(C)(c1ccc2sc(C(=O)Nc3cc(Cl)cc(Oc4cccc(OC(F)(F)F)c4)c3)cc2c1)S(C)(=O)=O. The summed E-state index contributed by atoms with van der Waals surface area (Å²) >= 11 is 7.41. The summed E-state index contributed by atoms with van der Waals surface area (Å²) in [5.41, 5.74) is 0.912. The van der Waals surface area contributed by atoms with E-state index in [1.807, 2.05) is 0 Å². The predicted molar refractivity (Wildman–Crippen MR) is 142 cm³/mol. The van der Waals surface area contributed by atoms with Crippen molar-refractivity contribution >= 4 is 54.5 Å². The fourth-order valence-electron chi connectivity index (χ4n) is 3.50. The summed E-state index contributed by atoms with van der Waals surface area (Å²) in [7, 11) is -3.37. The van der Waals surface area contributed by atoms with E-state index in [-0.39, 0.29) is 16.5 Å². The number of amides is 1. The van der Waals surface area contributed by atoms with E-state index in [1.54, 1.807) is 38.1 Å². The second-order valence-electron chi connectivity index (χ2n) is 8.90. The Hall–Kier alpha value is -3.28. The second kappa shape index (κ2) is 10.1. The lowest BCUT2D eigenvalue weighted by atomic mass is 10.0. The van der Waals surface area contributed by atoms with Crippen molar-refractivity contribution in [3.05, 3.63) is 82.2 Å². The molecule has 1 heterocycles. The fraction of sp³-hybridized carbons (Fsp3) is 0.192. The molecule has 0 bridgehead atoms. The third-order valence-corrected chi connectivity index (χ3v) is 9.19. The molecule has 38 heavy (non-hydrogen) atoms. The Morgan fingerprint density at radius 1 is 0.947 bits per heavy atom. The molecule has 4 rings (SSSR count). The summed E-state index contributed by atoms with van der Waals surface area (Å²) in [5.74, 6) is -0.619. The maximum absolute atomic E-state index is 13.0. The van der Waals surface area contributed by atoms with Crippen LogP contribution in [-0.2, 0) is 14.6 Å². The summed E-state index contributed by atoms with van der Waals surface area (Å²) in [6, 6.07) is 16.3. The molecule has 0 atom stereocenters. The molecule has 0 aliphatic rings. The van der Waals surface area contributed by atoms with Crippen molar-refractivity contribution in [3.63, 3.8) is 0 Å². The molecule has 3 aromatic carbocycles. The molecule has 1 aromatic heterocycles. The fourth-order valence-corrected chi connectivity index (χ4v) is 5.22. The zero-order valence-electron chi connectivity index (χ0n) is 20.2. The number of fused-ring (bicyclic) bond motifs is 1. The van der Waals surface area contributed by atoms with E-state index in [2.05, 4.69) is 10.1 Å². The maximum Gasteiger partial charge on any atom is 0.573 e. The summed E-state index contributed by atoms with van der Waals surface area (Å²) in [4.78, 5) is 13.4. The van der Waals surface area contributed by atoms with E-state index in [0.29, 0.717) is 16.1 Å². The first kappa shape index (κ1) is 27.7.